The van der Waals surface area contributed by atoms with Crippen molar-refractivity contribution in [1.82, 2.24) is 0 Å². The lowest BCUT2D eigenvalue weighted by molar-refractivity contribution is -0.142. The van der Waals surface area contributed by atoms with E-state index in [-0.39, 0.29) is 25.2 Å². The lowest BCUT2D eigenvalue weighted by Crippen LogP contribution is -2.32. The molecule has 0 amide bonds. The minimum Gasteiger partial charge on any atom is -0.468 e. The smallest absolute Gasteiger partial charge is 0.322 e. The molecular weight excluding hydrogens is 204 g/mol. The molecule has 1 aliphatic rings. The fourth-order valence-electron chi connectivity index (χ4n) is 1.08. The van der Waals surface area contributed by atoms with E-state index in [0.717, 1.165) is 0 Å². The van der Waals surface area contributed by atoms with E-state index in [1.54, 1.807) is 0 Å². The van der Waals surface area contributed by atoms with Gasteiger partial charge in [-0.15, -0.1) is 12.4 Å². The molecule has 1 fully saturated rings. The van der Waals surface area contributed by atoms with Crippen molar-refractivity contribution in [2.75, 3.05) is 7.11 Å². The summed E-state index contributed by atoms with van der Waals surface area (Å²) in [5, 5.41) is 0. The maximum absolute atomic E-state index is 12.3. The van der Waals surface area contributed by atoms with Gasteiger partial charge in [0, 0.05) is 12.3 Å². The van der Waals surface area contributed by atoms with Crippen LogP contribution in [0.5, 0.6) is 0 Å². The monoisotopic (exact) mass is 215 g/mol. The third-order valence-corrected chi connectivity index (χ3v) is 2.00. The van der Waals surface area contributed by atoms with Crippen LogP contribution < -0.4 is 5.73 Å². The highest BCUT2D eigenvalue weighted by atomic mass is 35.5. The summed E-state index contributed by atoms with van der Waals surface area (Å²) in [7, 11) is 1.19. The molecule has 2 N–H and O–H groups in total. The Balaban J connectivity index is 0.00000144. The van der Waals surface area contributed by atoms with Gasteiger partial charge in [-0.1, -0.05) is 0 Å². The Hall–Kier alpha value is -0.420. The number of alkyl halides is 2. The van der Waals surface area contributed by atoms with E-state index in [1.807, 2.05) is 0 Å². The summed E-state index contributed by atoms with van der Waals surface area (Å²) < 4.78 is 28.9. The fraction of sp³-hybridized carbons (Fsp3) is 0.857. The molecule has 78 valence electrons. The van der Waals surface area contributed by atoms with Gasteiger partial charge in [-0.3, -0.25) is 4.79 Å². The first-order valence-electron chi connectivity index (χ1n) is 3.68. The van der Waals surface area contributed by atoms with E-state index >= 15 is 0 Å². The van der Waals surface area contributed by atoms with E-state index in [2.05, 4.69) is 4.74 Å². The maximum Gasteiger partial charge on any atom is 0.322 e. The molecule has 13 heavy (non-hydrogen) atoms. The quantitative estimate of drug-likeness (QED) is 0.714. The Morgan fingerprint density at radius 2 is 2.23 bits per heavy atom. The topological polar surface area (TPSA) is 52.3 Å². The number of nitrogens with two attached hydrogens (primary N) is 1. The highest BCUT2D eigenvalue weighted by Crippen LogP contribution is 2.50. The van der Waals surface area contributed by atoms with Gasteiger partial charge in [0.15, 0.2) is 0 Å². The first-order valence-corrected chi connectivity index (χ1v) is 3.68. The van der Waals surface area contributed by atoms with Crippen molar-refractivity contribution in [3.05, 3.63) is 0 Å². The van der Waals surface area contributed by atoms with Gasteiger partial charge in [0.2, 0.25) is 0 Å². The maximum atomic E-state index is 12.3. The molecule has 0 aromatic heterocycles. The zero-order chi connectivity index (χ0) is 9.35. The predicted molar refractivity (Wildman–Crippen MR) is 44.9 cm³/mol. The van der Waals surface area contributed by atoms with Crippen LogP contribution in [-0.2, 0) is 9.53 Å². The van der Waals surface area contributed by atoms with Gasteiger partial charge >= 0.3 is 5.97 Å². The Labute approximate surface area is 81.0 Å². The summed E-state index contributed by atoms with van der Waals surface area (Å²) in [4.78, 5) is 10.7. The number of methoxy groups -OCH3 is 1. The second-order valence-corrected chi connectivity index (χ2v) is 3.03. The van der Waals surface area contributed by atoms with Crippen molar-refractivity contribution in [1.29, 1.82) is 0 Å². The number of ether oxygens (including phenoxy) is 1. The summed E-state index contributed by atoms with van der Waals surface area (Å²) in [5.41, 5.74) is 5.28. The van der Waals surface area contributed by atoms with Crippen LogP contribution >= 0.6 is 12.4 Å². The lowest BCUT2D eigenvalue weighted by atomic mass is 10.1. The molecule has 0 heterocycles. The molecule has 0 spiro atoms. The van der Waals surface area contributed by atoms with Crippen molar-refractivity contribution < 1.29 is 18.3 Å². The van der Waals surface area contributed by atoms with Crippen LogP contribution in [0.1, 0.15) is 12.8 Å². The summed E-state index contributed by atoms with van der Waals surface area (Å²) >= 11 is 0. The largest absolute Gasteiger partial charge is 0.468 e. The van der Waals surface area contributed by atoms with E-state index in [4.69, 9.17) is 5.73 Å². The number of hydrogen-bond donors (Lipinski definition) is 1. The lowest BCUT2D eigenvalue weighted by Gasteiger charge is -2.07. The molecule has 2 unspecified atom stereocenters. The first-order chi connectivity index (χ1) is 5.47. The van der Waals surface area contributed by atoms with Crippen molar-refractivity contribution in [2.24, 2.45) is 11.7 Å². The molecule has 0 aromatic rings. The van der Waals surface area contributed by atoms with E-state index in [9.17, 15) is 13.6 Å². The predicted octanol–water partition coefficient (Wildman–Crippen LogP) is 0.954. The summed E-state index contributed by atoms with van der Waals surface area (Å²) in [6, 6.07) is -0.909. The van der Waals surface area contributed by atoms with Crippen molar-refractivity contribution >= 4 is 18.4 Å². The molecule has 0 aromatic carbocycles. The molecular formula is C7H12ClF2NO2. The summed E-state index contributed by atoms with van der Waals surface area (Å²) in [6.45, 7) is 0. The summed E-state index contributed by atoms with van der Waals surface area (Å²) in [6.07, 6.45) is -0.142. The molecule has 0 saturated heterocycles. The van der Waals surface area contributed by atoms with Crippen LogP contribution in [0.25, 0.3) is 0 Å². The number of halogens is 3. The number of hydrogen-bond acceptors (Lipinski definition) is 3. The van der Waals surface area contributed by atoms with Crippen LogP contribution in [0.3, 0.4) is 0 Å². The molecule has 0 bridgehead atoms. The number of carbonyl (C=O) groups is 1. The van der Waals surface area contributed by atoms with Gasteiger partial charge in [0.05, 0.1) is 7.11 Å². The van der Waals surface area contributed by atoms with Crippen LogP contribution in [-0.4, -0.2) is 25.0 Å². The Morgan fingerprint density at radius 1 is 1.77 bits per heavy atom. The molecule has 2 atom stereocenters. The Bertz CT molecular complexity index is 201. The molecule has 0 radical (unpaired) electrons. The second kappa shape index (κ2) is 4.19. The van der Waals surface area contributed by atoms with Crippen molar-refractivity contribution in [3.63, 3.8) is 0 Å². The van der Waals surface area contributed by atoms with Gasteiger partial charge in [0.1, 0.15) is 6.04 Å². The van der Waals surface area contributed by atoms with E-state index in [0.29, 0.717) is 0 Å². The average molecular weight is 216 g/mol. The molecule has 6 heteroatoms. The van der Waals surface area contributed by atoms with Gasteiger partial charge in [-0.2, -0.15) is 0 Å². The molecule has 0 aliphatic heterocycles. The Kier molecular flexibility index (Phi) is 4.06. The van der Waals surface area contributed by atoms with Gasteiger partial charge in [-0.05, 0) is 6.42 Å². The average Bonchev–Trinajstić information content (AvgIpc) is 2.57. The number of carbonyl (C=O) groups excluding carboxylic acids is 1. The fourth-order valence-corrected chi connectivity index (χ4v) is 1.08. The molecule has 1 aliphatic carbocycles. The van der Waals surface area contributed by atoms with Crippen molar-refractivity contribution in [3.8, 4) is 0 Å². The van der Waals surface area contributed by atoms with Crippen molar-refractivity contribution in [2.45, 2.75) is 24.8 Å². The van der Waals surface area contributed by atoms with Crippen LogP contribution in [0.15, 0.2) is 0 Å². The third kappa shape index (κ3) is 3.08. The van der Waals surface area contributed by atoms with E-state index in [1.165, 1.54) is 7.11 Å². The highest BCUT2D eigenvalue weighted by Gasteiger charge is 2.57. The van der Waals surface area contributed by atoms with Crippen LogP contribution in [0, 0.1) is 5.92 Å². The zero-order valence-electron chi connectivity index (χ0n) is 7.13. The first kappa shape index (κ1) is 12.6. The summed E-state index contributed by atoms with van der Waals surface area (Å²) in [5.74, 6) is -3.96. The number of rotatable bonds is 3. The highest BCUT2D eigenvalue weighted by molar-refractivity contribution is 5.85. The van der Waals surface area contributed by atoms with Gasteiger partial charge in [-0.25, -0.2) is 8.78 Å². The van der Waals surface area contributed by atoms with Gasteiger partial charge < -0.3 is 10.5 Å². The van der Waals surface area contributed by atoms with Gasteiger partial charge in [0.25, 0.3) is 5.92 Å². The van der Waals surface area contributed by atoms with Crippen LogP contribution in [0.4, 0.5) is 8.78 Å². The minimum atomic E-state index is -2.61. The minimum absolute atomic E-state index is 0. The van der Waals surface area contributed by atoms with Crippen LogP contribution in [0.2, 0.25) is 0 Å². The standard InChI is InChI=1S/C7H11F2NO2.ClH/c1-12-6(11)5(10)2-4-3-7(4,8)9;/h4-5H,2-3,10H2,1H3;1H. The SMILES string of the molecule is COC(=O)C(N)CC1CC1(F)F.Cl. The molecule has 3 nitrogen and oxygen atoms in total. The third-order valence-electron chi connectivity index (χ3n) is 2.00. The molecule has 1 rings (SSSR count). The molecule has 1 saturated carbocycles. The normalized spacial score (nSPS) is 25.7. The Morgan fingerprint density at radius 3 is 2.54 bits per heavy atom. The number of esters is 1. The van der Waals surface area contributed by atoms with E-state index < -0.39 is 23.9 Å². The zero-order valence-corrected chi connectivity index (χ0v) is 7.94. The second-order valence-electron chi connectivity index (χ2n) is 3.03.